The monoisotopic (exact) mass is 574 g/mol. The zero-order chi connectivity index (χ0) is 29.6. The fourth-order valence-corrected chi connectivity index (χ4v) is 4.98. The Labute approximate surface area is 243 Å². The van der Waals surface area contributed by atoms with Gasteiger partial charge in [0.05, 0.1) is 12.1 Å². The molecule has 0 radical (unpaired) electrons. The number of carbonyl (C=O) groups is 4. The molecule has 0 saturated carbocycles. The number of pyridine rings is 1. The molecule has 2 fully saturated rings. The van der Waals surface area contributed by atoms with E-state index in [9.17, 15) is 19.2 Å². The summed E-state index contributed by atoms with van der Waals surface area (Å²) in [6.45, 7) is 1.94. The van der Waals surface area contributed by atoms with Gasteiger partial charge in [0, 0.05) is 45.6 Å². The van der Waals surface area contributed by atoms with Gasteiger partial charge in [0.15, 0.2) is 12.0 Å². The van der Waals surface area contributed by atoms with Crippen LogP contribution >= 0.6 is 0 Å². The van der Waals surface area contributed by atoms with Gasteiger partial charge >= 0.3 is 0 Å². The van der Waals surface area contributed by atoms with Crippen LogP contribution in [-0.2, 0) is 9.59 Å². The highest BCUT2D eigenvalue weighted by molar-refractivity contribution is 6.11. The Bertz CT molecular complexity index is 1490. The number of oxazole rings is 1. The van der Waals surface area contributed by atoms with Gasteiger partial charge in [0.2, 0.25) is 17.8 Å². The van der Waals surface area contributed by atoms with Gasteiger partial charge in [-0.1, -0.05) is 0 Å². The van der Waals surface area contributed by atoms with Crippen LogP contribution in [0.5, 0.6) is 0 Å². The summed E-state index contributed by atoms with van der Waals surface area (Å²) < 4.78 is 5.32. The third kappa shape index (κ3) is 6.73. The maximum atomic E-state index is 13.6. The molecule has 2 N–H and O–H groups in total. The highest BCUT2D eigenvalue weighted by Gasteiger charge is 2.30. The average Bonchev–Trinajstić information content (AvgIpc) is 3.67. The number of fused-ring (bicyclic) bond motifs is 1. The van der Waals surface area contributed by atoms with Crippen molar-refractivity contribution in [2.24, 2.45) is 4.99 Å². The van der Waals surface area contributed by atoms with Crippen LogP contribution in [0.15, 0.2) is 52.3 Å². The van der Waals surface area contributed by atoms with E-state index in [0.717, 1.165) is 38.8 Å². The van der Waals surface area contributed by atoms with Crippen LogP contribution in [0.4, 0.5) is 5.69 Å². The van der Waals surface area contributed by atoms with E-state index in [-0.39, 0.29) is 41.5 Å². The highest BCUT2D eigenvalue weighted by atomic mass is 16.3. The molecule has 0 spiro atoms. The summed E-state index contributed by atoms with van der Waals surface area (Å²) in [6, 6.07) is 7.39. The Morgan fingerprint density at radius 1 is 1.05 bits per heavy atom. The van der Waals surface area contributed by atoms with Crippen molar-refractivity contribution in [3.8, 4) is 0 Å². The number of carbonyl (C=O) groups excluding carboxylic acids is 4. The van der Waals surface area contributed by atoms with Crippen LogP contribution in [0.2, 0.25) is 0 Å². The maximum absolute atomic E-state index is 13.6. The first-order valence-corrected chi connectivity index (χ1v) is 14.0. The number of rotatable bonds is 6. The standard InChI is InChI=1S/C29H34N8O5/c1-35(2)27(40)21-10-8-19(16-30-21)26(39)34-29(32-20-9-11-24-23(15-20)31-18-42-24)33-22-7-3-4-14-37(28(22)41)17-25(38)36-12-5-6-13-36/h8-11,15-16,18,22H,3-7,12-14,17H2,1-2H3,(H2,32,33,34,39). The quantitative estimate of drug-likeness (QED) is 0.335. The Kier molecular flexibility index (Phi) is 8.74. The molecule has 5 rings (SSSR count). The number of hydrogen-bond acceptors (Lipinski definition) is 8. The van der Waals surface area contributed by atoms with Crippen molar-refractivity contribution in [1.82, 2.24) is 30.0 Å². The van der Waals surface area contributed by atoms with Gasteiger partial charge in [0.1, 0.15) is 17.3 Å². The van der Waals surface area contributed by atoms with Gasteiger partial charge in [0.25, 0.3) is 11.8 Å². The molecule has 2 aliphatic rings. The lowest BCUT2D eigenvalue weighted by Gasteiger charge is -2.25. The Morgan fingerprint density at radius 2 is 1.83 bits per heavy atom. The van der Waals surface area contributed by atoms with E-state index in [1.807, 2.05) is 0 Å². The van der Waals surface area contributed by atoms with Crippen LogP contribution < -0.4 is 10.6 Å². The molecule has 13 nitrogen and oxygen atoms in total. The summed E-state index contributed by atoms with van der Waals surface area (Å²) in [5.74, 6) is -1.06. The number of anilines is 1. The minimum absolute atomic E-state index is 0.0203. The molecular formula is C29H34N8O5. The smallest absolute Gasteiger partial charge is 0.271 e. The first kappa shape index (κ1) is 28.7. The fraction of sp³-hybridized carbons (Fsp3) is 0.414. The van der Waals surface area contributed by atoms with E-state index >= 15 is 0 Å². The molecule has 1 unspecified atom stereocenters. The predicted molar refractivity (Wildman–Crippen MR) is 155 cm³/mol. The molecular weight excluding hydrogens is 540 g/mol. The zero-order valence-electron chi connectivity index (χ0n) is 23.7. The van der Waals surface area contributed by atoms with Gasteiger partial charge in [-0.05, 0) is 62.4 Å². The molecule has 220 valence electrons. The van der Waals surface area contributed by atoms with Crippen LogP contribution in [0.3, 0.4) is 0 Å². The number of nitrogens with zero attached hydrogens (tertiary/aromatic N) is 6. The normalized spacial score (nSPS) is 17.7. The number of guanidine groups is 1. The van der Waals surface area contributed by atoms with E-state index in [1.54, 1.807) is 42.1 Å². The van der Waals surface area contributed by atoms with E-state index in [2.05, 4.69) is 25.6 Å². The lowest BCUT2D eigenvalue weighted by atomic mass is 10.1. The van der Waals surface area contributed by atoms with Gasteiger partial charge in [-0.25, -0.2) is 9.98 Å². The summed E-state index contributed by atoms with van der Waals surface area (Å²) in [5, 5.41) is 5.86. The number of hydrogen-bond donors (Lipinski definition) is 2. The van der Waals surface area contributed by atoms with Crippen molar-refractivity contribution in [2.45, 2.75) is 38.1 Å². The summed E-state index contributed by atoms with van der Waals surface area (Å²) >= 11 is 0. The Hall–Kier alpha value is -4.81. The first-order valence-electron chi connectivity index (χ1n) is 14.0. The van der Waals surface area contributed by atoms with Gasteiger partial charge in [-0.2, -0.15) is 0 Å². The highest BCUT2D eigenvalue weighted by Crippen LogP contribution is 2.20. The number of likely N-dealkylation sites (tertiary alicyclic amines) is 2. The van der Waals surface area contributed by atoms with E-state index in [1.165, 1.54) is 29.6 Å². The van der Waals surface area contributed by atoms with Gasteiger partial charge in [-0.3, -0.25) is 29.5 Å². The predicted octanol–water partition coefficient (Wildman–Crippen LogP) is 2.13. The lowest BCUT2D eigenvalue weighted by molar-refractivity contribution is -0.140. The molecule has 3 aromatic rings. The van der Waals surface area contributed by atoms with Gasteiger partial charge < -0.3 is 24.4 Å². The Morgan fingerprint density at radius 3 is 2.57 bits per heavy atom. The molecule has 13 heteroatoms. The first-order chi connectivity index (χ1) is 20.3. The second-order valence-corrected chi connectivity index (χ2v) is 10.6. The van der Waals surface area contributed by atoms with Crippen LogP contribution in [0, 0.1) is 0 Å². The summed E-state index contributed by atoms with van der Waals surface area (Å²) in [6.07, 6.45) is 6.58. The summed E-state index contributed by atoms with van der Waals surface area (Å²) in [5.41, 5.74) is 2.18. The van der Waals surface area contributed by atoms with E-state index < -0.39 is 11.9 Å². The van der Waals surface area contributed by atoms with Crippen LogP contribution in [0.25, 0.3) is 11.1 Å². The van der Waals surface area contributed by atoms with Crippen LogP contribution in [0.1, 0.15) is 53.0 Å². The SMILES string of the molecule is CN(C)C(=O)c1ccc(C(=O)NC(=NC2CCCCN(CC(=O)N3CCCC3)C2=O)Nc2ccc3ocnc3c2)cn1. The van der Waals surface area contributed by atoms with Crippen molar-refractivity contribution in [3.63, 3.8) is 0 Å². The summed E-state index contributed by atoms with van der Waals surface area (Å²) in [4.78, 5) is 69.5. The molecule has 2 aromatic heterocycles. The Balaban J connectivity index is 1.38. The van der Waals surface area contributed by atoms with Crippen molar-refractivity contribution in [1.29, 1.82) is 0 Å². The molecule has 4 amide bonds. The lowest BCUT2D eigenvalue weighted by Crippen LogP contribution is -2.45. The third-order valence-electron chi connectivity index (χ3n) is 7.30. The fourth-order valence-electron chi connectivity index (χ4n) is 4.98. The molecule has 1 atom stereocenters. The topological polar surface area (TPSA) is 153 Å². The second-order valence-electron chi connectivity index (χ2n) is 10.6. The van der Waals surface area contributed by atoms with Crippen molar-refractivity contribution in [3.05, 3.63) is 54.2 Å². The van der Waals surface area contributed by atoms with Gasteiger partial charge in [-0.15, -0.1) is 0 Å². The van der Waals surface area contributed by atoms with Crippen molar-refractivity contribution >= 4 is 46.4 Å². The summed E-state index contributed by atoms with van der Waals surface area (Å²) in [7, 11) is 3.24. The maximum Gasteiger partial charge on any atom is 0.271 e. The minimum Gasteiger partial charge on any atom is -0.443 e. The number of aromatic nitrogens is 2. The number of aliphatic imine (C=N–C) groups is 1. The van der Waals surface area contributed by atoms with Crippen molar-refractivity contribution in [2.75, 3.05) is 45.6 Å². The molecule has 0 bridgehead atoms. The third-order valence-corrected chi connectivity index (χ3v) is 7.30. The second kappa shape index (κ2) is 12.8. The number of amides is 4. The number of nitrogens with one attached hydrogen (secondary N) is 2. The molecule has 2 saturated heterocycles. The zero-order valence-corrected chi connectivity index (χ0v) is 23.7. The molecule has 4 heterocycles. The number of benzene rings is 1. The average molecular weight is 575 g/mol. The van der Waals surface area contributed by atoms with E-state index in [0.29, 0.717) is 29.8 Å². The largest absolute Gasteiger partial charge is 0.443 e. The van der Waals surface area contributed by atoms with Crippen molar-refractivity contribution < 1.29 is 23.6 Å². The van der Waals surface area contributed by atoms with E-state index in [4.69, 9.17) is 4.42 Å². The molecule has 0 aliphatic carbocycles. The molecule has 1 aromatic carbocycles. The molecule has 42 heavy (non-hydrogen) atoms. The molecule has 2 aliphatic heterocycles. The minimum atomic E-state index is -0.796. The van der Waals surface area contributed by atoms with Crippen LogP contribution in [-0.4, -0.2) is 101 Å².